The predicted octanol–water partition coefficient (Wildman–Crippen LogP) is 5.20. The van der Waals surface area contributed by atoms with Gasteiger partial charge in [0.2, 0.25) is 0 Å². The number of aromatic nitrogens is 3. The van der Waals surface area contributed by atoms with Crippen molar-refractivity contribution >= 4 is 54.9 Å². The number of benzene rings is 3. The molecule has 2 N–H and O–H groups in total. The topological polar surface area (TPSA) is 88.5 Å². The molecule has 0 fully saturated rings. The van der Waals surface area contributed by atoms with Crippen LogP contribution in [0.25, 0.3) is 49.0 Å². The van der Waals surface area contributed by atoms with Crippen LogP contribution in [0, 0.1) is 0 Å². The number of carbonyl (C=O) groups excluding carboxylic acids is 1. The summed E-state index contributed by atoms with van der Waals surface area (Å²) < 4.78 is 7.78. The standard InChI is InChI=1S/C31H24N4O3/c1-18(30(36)33-14-12-19-17-34-26-9-5-4-6-21(19)26)38-20-10-11-27-25(16-20)23-13-15-32-28-22-7-2-3-8-24(22)31(37)35(27)29(23)28/h2-11,13,15-18,34H,12,14H2,1H3,(H,33,36)/t18-/m0/s1. The second-order valence-corrected chi connectivity index (χ2v) is 9.58. The molecule has 0 aliphatic carbocycles. The van der Waals surface area contributed by atoms with Gasteiger partial charge in [-0.3, -0.25) is 19.0 Å². The van der Waals surface area contributed by atoms with E-state index in [0.717, 1.165) is 44.6 Å². The van der Waals surface area contributed by atoms with E-state index in [-0.39, 0.29) is 11.5 Å². The van der Waals surface area contributed by atoms with E-state index in [9.17, 15) is 9.59 Å². The van der Waals surface area contributed by atoms with E-state index in [1.54, 1.807) is 23.6 Å². The molecule has 1 atom stereocenters. The molecule has 7 aromatic rings. The number of hydrogen-bond donors (Lipinski definition) is 2. The quantitative estimate of drug-likeness (QED) is 0.307. The maximum Gasteiger partial charge on any atom is 0.263 e. The largest absolute Gasteiger partial charge is 0.481 e. The normalized spacial score (nSPS) is 12.7. The molecule has 7 heteroatoms. The first-order chi connectivity index (χ1) is 18.6. The molecule has 0 saturated heterocycles. The summed E-state index contributed by atoms with van der Waals surface area (Å²) >= 11 is 0. The Morgan fingerprint density at radius 2 is 1.76 bits per heavy atom. The Bertz CT molecular complexity index is 2060. The number of nitrogens with zero attached hydrogens (tertiary/aromatic N) is 2. The third-order valence-electron chi connectivity index (χ3n) is 7.31. The Morgan fingerprint density at radius 3 is 2.63 bits per heavy atom. The predicted molar refractivity (Wildman–Crippen MR) is 150 cm³/mol. The highest BCUT2D eigenvalue weighted by atomic mass is 16.5. The summed E-state index contributed by atoms with van der Waals surface area (Å²) in [5, 5.41) is 7.44. The van der Waals surface area contributed by atoms with Crippen molar-refractivity contribution in [3.05, 3.63) is 101 Å². The number of para-hydroxylation sites is 1. The van der Waals surface area contributed by atoms with Crippen LogP contribution in [0.3, 0.4) is 0 Å². The number of hydrogen-bond acceptors (Lipinski definition) is 4. The zero-order valence-corrected chi connectivity index (χ0v) is 20.7. The second-order valence-electron chi connectivity index (χ2n) is 9.58. The van der Waals surface area contributed by atoms with E-state index < -0.39 is 6.10 Å². The molecule has 1 amide bonds. The zero-order chi connectivity index (χ0) is 25.8. The summed E-state index contributed by atoms with van der Waals surface area (Å²) in [7, 11) is 0. The summed E-state index contributed by atoms with van der Waals surface area (Å²) in [5.41, 5.74) is 4.56. The Labute approximate surface area is 217 Å². The van der Waals surface area contributed by atoms with Gasteiger partial charge in [0.1, 0.15) is 5.75 Å². The molecule has 0 spiro atoms. The van der Waals surface area contributed by atoms with Crippen molar-refractivity contribution in [3.63, 3.8) is 0 Å². The van der Waals surface area contributed by atoms with Crippen LogP contribution in [0.1, 0.15) is 12.5 Å². The molecule has 186 valence electrons. The SMILES string of the molecule is C[C@H](Oc1ccc2c(c1)c1ccnc3c4ccccc4c(=O)n2c13)C(=O)NCCc1c[nH]c2ccccc12. The lowest BCUT2D eigenvalue weighted by Gasteiger charge is -2.15. The van der Waals surface area contributed by atoms with Crippen molar-refractivity contribution in [2.45, 2.75) is 19.4 Å². The number of amides is 1. The Balaban J connectivity index is 1.15. The number of pyridine rings is 2. The van der Waals surface area contributed by atoms with E-state index >= 15 is 0 Å². The van der Waals surface area contributed by atoms with E-state index in [4.69, 9.17) is 4.74 Å². The van der Waals surface area contributed by atoms with Gasteiger partial charge in [0.25, 0.3) is 11.5 Å². The molecule has 0 radical (unpaired) electrons. The number of carbonyl (C=O) groups is 1. The van der Waals surface area contributed by atoms with Crippen LogP contribution in [0.2, 0.25) is 0 Å². The second kappa shape index (κ2) is 8.59. The molecule has 0 aliphatic rings. The lowest BCUT2D eigenvalue weighted by atomic mass is 10.1. The number of rotatable bonds is 6. The van der Waals surface area contributed by atoms with Gasteiger partial charge >= 0.3 is 0 Å². The molecule has 0 saturated carbocycles. The molecule has 0 unspecified atom stereocenters. The van der Waals surface area contributed by atoms with Crippen molar-refractivity contribution in [3.8, 4) is 5.75 Å². The molecule has 4 heterocycles. The van der Waals surface area contributed by atoms with E-state index in [1.165, 1.54) is 10.9 Å². The summed E-state index contributed by atoms with van der Waals surface area (Å²) in [4.78, 5) is 34.1. The maximum absolute atomic E-state index is 13.4. The lowest BCUT2D eigenvalue weighted by molar-refractivity contribution is -0.127. The molecular weight excluding hydrogens is 476 g/mol. The Morgan fingerprint density at radius 1 is 0.974 bits per heavy atom. The first kappa shape index (κ1) is 22.3. The van der Waals surface area contributed by atoms with Gasteiger partial charge in [0.15, 0.2) is 6.10 Å². The van der Waals surface area contributed by atoms with Gasteiger partial charge in [-0.15, -0.1) is 0 Å². The molecule has 4 aromatic heterocycles. The van der Waals surface area contributed by atoms with Gasteiger partial charge in [-0.05, 0) is 55.3 Å². The molecule has 0 aliphatic heterocycles. The van der Waals surface area contributed by atoms with Gasteiger partial charge in [-0.1, -0.05) is 36.4 Å². The third-order valence-corrected chi connectivity index (χ3v) is 7.31. The van der Waals surface area contributed by atoms with E-state index in [2.05, 4.69) is 21.4 Å². The van der Waals surface area contributed by atoms with Crippen LogP contribution >= 0.6 is 0 Å². The monoisotopic (exact) mass is 500 g/mol. The Hall–Kier alpha value is -4.91. The number of fused-ring (bicyclic) bond motifs is 6. The molecule has 7 rings (SSSR count). The number of H-pyrrole nitrogens is 1. The lowest BCUT2D eigenvalue weighted by Crippen LogP contribution is -2.37. The van der Waals surface area contributed by atoms with Crippen LogP contribution < -0.4 is 15.6 Å². The highest BCUT2D eigenvalue weighted by Gasteiger charge is 2.19. The summed E-state index contributed by atoms with van der Waals surface area (Å²) in [6.45, 7) is 2.25. The van der Waals surface area contributed by atoms with E-state index in [0.29, 0.717) is 17.7 Å². The fraction of sp³-hybridized carbons (Fsp3) is 0.129. The van der Waals surface area contributed by atoms with Crippen LogP contribution in [0.4, 0.5) is 0 Å². The number of nitrogens with one attached hydrogen (secondary N) is 2. The molecule has 38 heavy (non-hydrogen) atoms. The summed E-state index contributed by atoms with van der Waals surface area (Å²) in [6.07, 6.45) is 3.80. The van der Waals surface area contributed by atoms with Gasteiger partial charge in [-0.25, -0.2) is 0 Å². The van der Waals surface area contributed by atoms with Crippen molar-refractivity contribution in [2.75, 3.05) is 6.54 Å². The minimum atomic E-state index is -0.678. The average Bonchev–Trinajstić information content (AvgIpc) is 3.51. The fourth-order valence-electron chi connectivity index (χ4n) is 5.48. The smallest absolute Gasteiger partial charge is 0.263 e. The van der Waals surface area contributed by atoms with Crippen molar-refractivity contribution in [1.82, 2.24) is 19.7 Å². The van der Waals surface area contributed by atoms with E-state index in [1.807, 2.05) is 66.9 Å². The number of ether oxygens (including phenoxy) is 1. The van der Waals surface area contributed by atoms with Crippen LogP contribution in [-0.2, 0) is 11.2 Å². The zero-order valence-electron chi connectivity index (χ0n) is 20.7. The van der Waals surface area contributed by atoms with Crippen LogP contribution in [-0.4, -0.2) is 32.9 Å². The first-order valence-electron chi connectivity index (χ1n) is 12.7. The van der Waals surface area contributed by atoms with Crippen molar-refractivity contribution in [1.29, 1.82) is 0 Å². The average molecular weight is 501 g/mol. The first-order valence-corrected chi connectivity index (χ1v) is 12.7. The summed E-state index contributed by atoms with van der Waals surface area (Å²) in [5.74, 6) is 0.390. The van der Waals surface area contributed by atoms with Crippen molar-refractivity contribution < 1.29 is 9.53 Å². The number of aromatic amines is 1. The van der Waals surface area contributed by atoms with Gasteiger partial charge in [0, 0.05) is 51.4 Å². The van der Waals surface area contributed by atoms with Crippen molar-refractivity contribution in [2.24, 2.45) is 0 Å². The minimum Gasteiger partial charge on any atom is -0.481 e. The highest BCUT2D eigenvalue weighted by Crippen LogP contribution is 2.34. The highest BCUT2D eigenvalue weighted by molar-refractivity contribution is 6.18. The third kappa shape index (κ3) is 3.39. The molecule has 7 nitrogen and oxygen atoms in total. The van der Waals surface area contributed by atoms with Gasteiger partial charge < -0.3 is 15.0 Å². The molecule has 0 bridgehead atoms. The fourth-order valence-corrected chi connectivity index (χ4v) is 5.48. The van der Waals surface area contributed by atoms with Gasteiger partial charge in [0.05, 0.1) is 16.6 Å². The van der Waals surface area contributed by atoms with Gasteiger partial charge in [-0.2, -0.15) is 0 Å². The maximum atomic E-state index is 13.4. The molecule has 3 aromatic carbocycles. The molecular formula is C31H24N4O3. The van der Waals surface area contributed by atoms with Crippen LogP contribution in [0.15, 0.2) is 90.0 Å². The summed E-state index contributed by atoms with van der Waals surface area (Å²) in [6, 6.07) is 23.2. The minimum absolute atomic E-state index is 0.0716. The Kier molecular flexibility index (Phi) is 5.04. The van der Waals surface area contributed by atoms with Crippen LogP contribution in [0.5, 0.6) is 5.75 Å².